The summed E-state index contributed by atoms with van der Waals surface area (Å²) < 4.78 is 2.32. The van der Waals surface area contributed by atoms with Crippen molar-refractivity contribution >= 4 is 46.6 Å². The molecule has 2 nitrogen and oxygen atoms in total. The molecule has 0 aliphatic carbocycles. The van der Waals surface area contributed by atoms with E-state index in [1.807, 2.05) is 60.8 Å². The molecule has 3 heteroatoms. The van der Waals surface area contributed by atoms with Gasteiger partial charge in [-0.15, -0.1) is 0 Å². The predicted molar refractivity (Wildman–Crippen MR) is 142 cm³/mol. The van der Waals surface area contributed by atoms with Crippen LogP contribution in [0.4, 0.5) is 5.69 Å². The molecule has 0 aliphatic rings. The van der Waals surface area contributed by atoms with Gasteiger partial charge in [-0.25, -0.2) is 0 Å². The third-order valence-corrected chi connectivity index (χ3v) is 5.83. The van der Waals surface area contributed by atoms with E-state index in [1.54, 1.807) is 0 Å². The lowest BCUT2D eigenvalue weighted by atomic mass is 10.1. The molecule has 4 aromatic carbocycles. The summed E-state index contributed by atoms with van der Waals surface area (Å²) >= 11 is 6.42. The number of aliphatic imine (C=N–C) groups is 1. The van der Waals surface area contributed by atoms with Gasteiger partial charge in [-0.2, -0.15) is 0 Å². The molecule has 0 spiro atoms. The van der Waals surface area contributed by atoms with E-state index in [1.165, 1.54) is 5.56 Å². The van der Waals surface area contributed by atoms with Crippen molar-refractivity contribution in [3.8, 4) is 0 Å². The number of hydrogen-bond donors (Lipinski definition) is 0. The van der Waals surface area contributed by atoms with Gasteiger partial charge in [0.25, 0.3) is 0 Å². The van der Waals surface area contributed by atoms with Gasteiger partial charge in [-0.05, 0) is 41.0 Å². The largest absolute Gasteiger partial charge is 0.335 e. The van der Waals surface area contributed by atoms with E-state index < -0.39 is 0 Å². The third kappa shape index (κ3) is 4.82. The lowest BCUT2D eigenvalue weighted by Gasteiger charge is -2.09. The standard InChI is InChI=1S/C30H23ClN2/c31-26-17-19-28-27(20-26)30(32-21-24-12-6-2-7-13-24)29(18-16-23-10-4-1-5-11-23)33(28)22-25-14-8-3-9-15-25/h1-21H,22H2/b18-16+,32-21?. The Kier molecular flexibility index (Phi) is 6.19. The number of hydrogen-bond acceptors (Lipinski definition) is 1. The topological polar surface area (TPSA) is 17.3 Å². The molecule has 1 heterocycles. The van der Waals surface area contributed by atoms with Crippen LogP contribution in [0.1, 0.15) is 22.4 Å². The normalized spacial score (nSPS) is 11.7. The van der Waals surface area contributed by atoms with Crippen molar-refractivity contribution in [2.24, 2.45) is 4.99 Å². The van der Waals surface area contributed by atoms with Crippen LogP contribution < -0.4 is 0 Å². The fourth-order valence-corrected chi connectivity index (χ4v) is 4.16. The van der Waals surface area contributed by atoms with Crippen LogP contribution in [-0.2, 0) is 6.54 Å². The quantitative estimate of drug-likeness (QED) is 0.233. The first-order valence-electron chi connectivity index (χ1n) is 11.0. The lowest BCUT2D eigenvalue weighted by molar-refractivity contribution is 0.828. The molecule has 0 amide bonds. The van der Waals surface area contributed by atoms with E-state index in [-0.39, 0.29) is 0 Å². The first-order chi connectivity index (χ1) is 16.3. The van der Waals surface area contributed by atoms with Crippen LogP contribution in [0.3, 0.4) is 0 Å². The maximum absolute atomic E-state index is 6.42. The van der Waals surface area contributed by atoms with Gasteiger partial charge in [0.05, 0.1) is 16.9 Å². The second-order valence-corrected chi connectivity index (χ2v) is 8.32. The van der Waals surface area contributed by atoms with Crippen molar-refractivity contribution in [3.63, 3.8) is 0 Å². The smallest absolute Gasteiger partial charge is 0.0960 e. The molecule has 0 unspecified atom stereocenters. The van der Waals surface area contributed by atoms with Gasteiger partial charge in [-0.1, -0.05) is 109 Å². The number of halogens is 1. The Morgan fingerprint density at radius 3 is 2.03 bits per heavy atom. The Labute approximate surface area is 199 Å². The summed E-state index contributed by atoms with van der Waals surface area (Å²) in [5.41, 5.74) is 6.51. The van der Waals surface area contributed by atoms with E-state index in [0.717, 1.165) is 40.0 Å². The van der Waals surface area contributed by atoms with E-state index in [4.69, 9.17) is 16.6 Å². The van der Waals surface area contributed by atoms with Crippen LogP contribution >= 0.6 is 11.6 Å². The van der Waals surface area contributed by atoms with Gasteiger partial charge < -0.3 is 4.57 Å². The highest BCUT2D eigenvalue weighted by Crippen LogP contribution is 2.37. The summed E-state index contributed by atoms with van der Waals surface area (Å²) in [4.78, 5) is 4.96. The minimum absolute atomic E-state index is 0.703. The maximum Gasteiger partial charge on any atom is 0.0960 e. The van der Waals surface area contributed by atoms with E-state index >= 15 is 0 Å². The third-order valence-electron chi connectivity index (χ3n) is 5.60. The van der Waals surface area contributed by atoms with Crippen LogP contribution in [0.25, 0.3) is 23.1 Å². The minimum Gasteiger partial charge on any atom is -0.335 e. The molecule has 0 atom stereocenters. The molecule has 0 fully saturated rings. The SMILES string of the molecule is Clc1ccc2c(c1)c(N=Cc1ccccc1)c(/C=C/c1ccccc1)n2Cc1ccccc1. The zero-order chi connectivity index (χ0) is 22.5. The van der Waals surface area contributed by atoms with E-state index in [2.05, 4.69) is 71.3 Å². The number of aromatic nitrogens is 1. The molecule has 5 aromatic rings. The lowest BCUT2D eigenvalue weighted by Crippen LogP contribution is -2.01. The Balaban J connectivity index is 1.70. The van der Waals surface area contributed by atoms with Crippen molar-refractivity contribution in [2.45, 2.75) is 6.54 Å². The van der Waals surface area contributed by atoms with Gasteiger partial charge in [0.2, 0.25) is 0 Å². The van der Waals surface area contributed by atoms with Crippen molar-refractivity contribution in [3.05, 3.63) is 137 Å². The van der Waals surface area contributed by atoms with Gasteiger partial charge in [-0.3, -0.25) is 4.99 Å². The summed E-state index contributed by atoms with van der Waals surface area (Å²) in [6, 6.07) is 37.0. The number of benzene rings is 4. The van der Waals surface area contributed by atoms with Crippen LogP contribution in [0.2, 0.25) is 5.02 Å². The highest BCUT2D eigenvalue weighted by atomic mass is 35.5. The summed E-state index contributed by atoms with van der Waals surface area (Å²) in [6.45, 7) is 0.744. The van der Waals surface area contributed by atoms with E-state index in [0.29, 0.717) is 5.02 Å². The molecule has 5 rings (SSSR count). The van der Waals surface area contributed by atoms with Crippen LogP contribution in [0, 0.1) is 0 Å². The fourth-order valence-electron chi connectivity index (χ4n) is 3.99. The van der Waals surface area contributed by atoms with Crippen molar-refractivity contribution in [1.29, 1.82) is 0 Å². The molecule has 160 valence electrons. The summed E-state index contributed by atoms with van der Waals surface area (Å²) in [5, 5.41) is 1.74. The minimum atomic E-state index is 0.703. The fraction of sp³-hybridized carbons (Fsp3) is 0.0333. The Hall–Kier alpha value is -3.88. The van der Waals surface area contributed by atoms with E-state index in [9.17, 15) is 0 Å². The molecular weight excluding hydrogens is 424 g/mol. The zero-order valence-electron chi connectivity index (χ0n) is 18.1. The molecule has 0 saturated heterocycles. The highest BCUT2D eigenvalue weighted by Gasteiger charge is 2.16. The Morgan fingerprint density at radius 1 is 0.697 bits per heavy atom. The van der Waals surface area contributed by atoms with Crippen molar-refractivity contribution in [2.75, 3.05) is 0 Å². The van der Waals surface area contributed by atoms with Gasteiger partial charge in [0.1, 0.15) is 0 Å². The Bertz CT molecular complexity index is 1420. The van der Waals surface area contributed by atoms with Crippen molar-refractivity contribution < 1.29 is 0 Å². The predicted octanol–water partition coefficient (Wildman–Crippen LogP) is 8.26. The number of nitrogens with zero attached hydrogens (tertiary/aromatic N) is 2. The average molecular weight is 447 g/mol. The molecule has 0 saturated carbocycles. The average Bonchev–Trinajstić information content (AvgIpc) is 3.14. The summed E-state index contributed by atoms with van der Waals surface area (Å²) in [6.07, 6.45) is 6.21. The van der Waals surface area contributed by atoms with Crippen LogP contribution in [0.15, 0.2) is 114 Å². The first kappa shape index (κ1) is 21.0. The molecule has 1 aromatic heterocycles. The Morgan fingerprint density at radius 2 is 1.33 bits per heavy atom. The summed E-state index contributed by atoms with van der Waals surface area (Å²) in [7, 11) is 0. The number of fused-ring (bicyclic) bond motifs is 1. The molecule has 0 bridgehead atoms. The van der Waals surface area contributed by atoms with Gasteiger partial charge in [0, 0.05) is 23.2 Å². The molecular formula is C30H23ClN2. The second kappa shape index (κ2) is 9.72. The molecule has 0 N–H and O–H groups in total. The molecule has 0 aliphatic heterocycles. The van der Waals surface area contributed by atoms with Crippen LogP contribution in [0.5, 0.6) is 0 Å². The zero-order valence-corrected chi connectivity index (χ0v) is 18.9. The van der Waals surface area contributed by atoms with Gasteiger partial charge >= 0.3 is 0 Å². The van der Waals surface area contributed by atoms with Gasteiger partial charge in [0.15, 0.2) is 0 Å². The monoisotopic (exact) mass is 446 g/mol. The first-order valence-corrected chi connectivity index (χ1v) is 11.3. The molecule has 33 heavy (non-hydrogen) atoms. The summed E-state index contributed by atoms with van der Waals surface area (Å²) in [5.74, 6) is 0. The maximum atomic E-state index is 6.42. The highest BCUT2D eigenvalue weighted by molar-refractivity contribution is 6.31. The van der Waals surface area contributed by atoms with Crippen molar-refractivity contribution in [1.82, 2.24) is 4.57 Å². The number of rotatable bonds is 6. The van der Waals surface area contributed by atoms with Crippen LogP contribution in [-0.4, -0.2) is 10.8 Å². The molecule has 0 radical (unpaired) electrons. The second-order valence-electron chi connectivity index (χ2n) is 7.88.